The highest BCUT2D eigenvalue weighted by Gasteiger charge is 2.46. The summed E-state index contributed by atoms with van der Waals surface area (Å²) in [4.78, 5) is 14.2. The Hall–Kier alpha value is -1.00. The first-order valence-electron chi connectivity index (χ1n) is 10.3. The molecule has 4 heteroatoms. The number of rotatable bonds is 3. The van der Waals surface area contributed by atoms with Crippen LogP contribution < -0.4 is 0 Å². The number of aryl methyl sites for hydroxylation is 1. The molecule has 0 N–H and O–H groups in total. The van der Waals surface area contributed by atoms with Gasteiger partial charge in [-0.1, -0.05) is 0 Å². The Kier molecular flexibility index (Phi) is 4.85. The van der Waals surface area contributed by atoms with Gasteiger partial charge in [0.2, 0.25) is 0 Å². The van der Waals surface area contributed by atoms with Gasteiger partial charge < -0.3 is 4.90 Å². The van der Waals surface area contributed by atoms with E-state index in [4.69, 9.17) is 0 Å². The molecular weight excluding hydrogens is 308 g/mol. The van der Waals surface area contributed by atoms with Crippen LogP contribution in [-0.4, -0.2) is 58.0 Å². The van der Waals surface area contributed by atoms with Crippen molar-refractivity contribution in [2.24, 2.45) is 5.41 Å². The molecule has 0 unspecified atom stereocenters. The predicted octanol–water partition coefficient (Wildman–Crippen LogP) is 3.62. The van der Waals surface area contributed by atoms with Crippen molar-refractivity contribution >= 4 is 0 Å². The summed E-state index contributed by atoms with van der Waals surface area (Å²) in [5.41, 5.74) is 2.02. The van der Waals surface area contributed by atoms with Gasteiger partial charge in [0.25, 0.3) is 0 Å². The largest absolute Gasteiger partial charge is 0.300 e. The Morgan fingerprint density at radius 2 is 1.60 bits per heavy atom. The Balaban J connectivity index is 1.25. The molecule has 1 aliphatic carbocycles. The molecule has 0 atom stereocenters. The van der Waals surface area contributed by atoms with Gasteiger partial charge >= 0.3 is 0 Å². The fourth-order valence-electron chi connectivity index (χ4n) is 5.29. The van der Waals surface area contributed by atoms with Crippen molar-refractivity contribution < 1.29 is 0 Å². The molecule has 1 aromatic rings. The number of hydrogen-bond donors (Lipinski definition) is 0. The van der Waals surface area contributed by atoms with Gasteiger partial charge in [0.15, 0.2) is 0 Å². The number of hydrogen-bond acceptors (Lipinski definition) is 4. The third kappa shape index (κ3) is 3.61. The van der Waals surface area contributed by atoms with Crippen LogP contribution in [0.4, 0.5) is 0 Å². The molecule has 4 nitrogen and oxygen atoms in total. The molecule has 3 fully saturated rings. The zero-order valence-corrected chi connectivity index (χ0v) is 16.2. The highest BCUT2D eigenvalue weighted by Crippen LogP contribution is 2.46. The van der Waals surface area contributed by atoms with Gasteiger partial charge in [-0.25, -0.2) is 9.97 Å². The Bertz CT molecular complexity index is 558. The quantitative estimate of drug-likeness (QED) is 0.840. The van der Waals surface area contributed by atoms with Gasteiger partial charge in [-0.3, -0.25) is 4.90 Å². The fraction of sp³-hybridized carbons (Fsp3) is 0.810. The molecule has 0 aromatic carbocycles. The van der Waals surface area contributed by atoms with Gasteiger partial charge in [0, 0.05) is 37.6 Å². The van der Waals surface area contributed by atoms with E-state index in [1.165, 1.54) is 70.3 Å². The molecule has 4 rings (SSSR count). The Morgan fingerprint density at radius 3 is 2.16 bits per heavy atom. The van der Waals surface area contributed by atoms with E-state index in [-0.39, 0.29) is 0 Å². The molecular formula is C21H34N4. The summed E-state index contributed by atoms with van der Waals surface area (Å²) < 4.78 is 0. The monoisotopic (exact) mass is 342 g/mol. The summed E-state index contributed by atoms with van der Waals surface area (Å²) in [7, 11) is 0. The molecule has 1 saturated carbocycles. The van der Waals surface area contributed by atoms with Crippen LogP contribution in [0.1, 0.15) is 69.7 Å². The highest BCUT2D eigenvalue weighted by molar-refractivity contribution is 5.13. The maximum Gasteiger partial charge on any atom is 0.125 e. The van der Waals surface area contributed by atoms with Gasteiger partial charge in [0.05, 0.1) is 0 Å². The topological polar surface area (TPSA) is 32.3 Å². The summed E-state index contributed by atoms with van der Waals surface area (Å²) in [6.07, 6.45) is 12.4. The molecule has 0 bridgehead atoms. The van der Waals surface area contributed by atoms with Crippen molar-refractivity contribution in [1.82, 2.24) is 19.8 Å². The first-order chi connectivity index (χ1) is 12.0. The van der Waals surface area contributed by atoms with Crippen molar-refractivity contribution in [3.8, 4) is 0 Å². The molecule has 0 amide bonds. The molecule has 3 aliphatic rings. The lowest BCUT2D eigenvalue weighted by Crippen LogP contribution is -2.60. The van der Waals surface area contributed by atoms with Crippen molar-refractivity contribution in [1.29, 1.82) is 0 Å². The van der Waals surface area contributed by atoms with Crippen LogP contribution in [0.25, 0.3) is 0 Å². The summed E-state index contributed by atoms with van der Waals surface area (Å²) in [6, 6.07) is 1.57. The lowest BCUT2D eigenvalue weighted by molar-refractivity contribution is -0.0625. The molecule has 1 aromatic heterocycles. The molecule has 138 valence electrons. The van der Waals surface area contributed by atoms with Gasteiger partial charge in [-0.05, 0) is 89.3 Å². The zero-order chi connectivity index (χ0) is 17.4. The molecule has 3 heterocycles. The van der Waals surface area contributed by atoms with E-state index in [2.05, 4.69) is 33.6 Å². The third-order valence-electron chi connectivity index (χ3n) is 7.14. The van der Waals surface area contributed by atoms with Crippen molar-refractivity contribution in [2.45, 2.75) is 77.3 Å². The molecule has 1 spiro atoms. The summed E-state index contributed by atoms with van der Waals surface area (Å²) in [5.74, 6) is 1.54. The van der Waals surface area contributed by atoms with E-state index >= 15 is 0 Å². The maximum absolute atomic E-state index is 4.38. The predicted molar refractivity (Wildman–Crippen MR) is 102 cm³/mol. The average Bonchev–Trinajstić information content (AvgIpc) is 2.60. The van der Waals surface area contributed by atoms with Gasteiger partial charge in [-0.15, -0.1) is 0 Å². The van der Waals surface area contributed by atoms with Crippen LogP contribution in [0.15, 0.2) is 12.4 Å². The second kappa shape index (κ2) is 6.96. The number of likely N-dealkylation sites (tertiary alicyclic amines) is 2. The second-order valence-corrected chi connectivity index (χ2v) is 9.10. The van der Waals surface area contributed by atoms with Gasteiger partial charge in [-0.2, -0.15) is 0 Å². The number of nitrogens with zero attached hydrogens (tertiary/aromatic N) is 4. The van der Waals surface area contributed by atoms with Crippen LogP contribution in [0.3, 0.4) is 0 Å². The minimum atomic E-state index is 0.665. The Labute approximate surface area is 153 Å². The molecule has 2 aliphatic heterocycles. The van der Waals surface area contributed by atoms with Crippen molar-refractivity contribution in [3.63, 3.8) is 0 Å². The summed E-state index contributed by atoms with van der Waals surface area (Å²) >= 11 is 0. The van der Waals surface area contributed by atoms with Crippen molar-refractivity contribution in [2.75, 3.05) is 26.2 Å². The van der Waals surface area contributed by atoms with E-state index in [0.29, 0.717) is 11.3 Å². The summed E-state index contributed by atoms with van der Waals surface area (Å²) in [5, 5.41) is 0. The smallest absolute Gasteiger partial charge is 0.125 e. The van der Waals surface area contributed by atoms with Gasteiger partial charge in [0.1, 0.15) is 5.82 Å². The van der Waals surface area contributed by atoms with E-state index in [0.717, 1.165) is 17.9 Å². The molecule has 0 radical (unpaired) electrons. The SMILES string of the molecule is Cc1ncc(C2CCN(C3CCC4(CC3)CN(C(C)C)C4)CC2)cn1. The molecule has 25 heavy (non-hydrogen) atoms. The van der Waals surface area contributed by atoms with E-state index in [1.807, 2.05) is 19.3 Å². The summed E-state index contributed by atoms with van der Waals surface area (Å²) in [6.45, 7) is 11.9. The fourth-order valence-corrected chi connectivity index (χ4v) is 5.29. The van der Waals surface area contributed by atoms with Crippen LogP contribution in [-0.2, 0) is 0 Å². The van der Waals surface area contributed by atoms with Crippen LogP contribution in [0.2, 0.25) is 0 Å². The lowest BCUT2D eigenvalue weighted by atomic mass is 9.66. The zero-order valence-electron chi connectivity index (χ0n) is 16.2. The lowest BCUT2D eigenvalue weighted by Gasteiger charge is -2.56. The first kappa shape index (κ1) is 17.4. The van der Waals surface area contributed by atoms with Crippen molar-refractivity contribution in [3.05, 3.63) is 23.8 Å². The van der Waals surface area contributed by atoms with Crippen LogP contribution in [0, 0.1) is 12.3 Å². The standard InChI is InChI=1S/C21H34N4/c1-16(2)25-14-21(15-25)8-4-20(5-9-21)24-10-6-18(7-11-24)19-12-22-17(3)23-13-19/h12-13,16,18,20H,4-11,14-15H2,1-3H3. The highest BCUT2D eigenvalue weighted by atomic mass is 15.2. The minimum Gasteiger partial charge on any atom is -0.300 e. The first-order valence-corrected chi connectivity index (χ1v) is 10.3. The van der Waals surface area contributed by atoms with E-state index in [9.17, 15) is 0 Å². The number of aromatic nitrogens is 2. The minimum absolute atomic E-state index is 0.665. The van der Waals surface area contributed by atoms with Crippen LogP contribution >= 0.6 is 0 Å². The maximum atomic E-state index is 4.38. The Morgan fingerprint density at radius 1 is 1.00 bits per heavy atom. The average molecular weight is 343 g/mol. The normalized spacial score (nSPS) is 26.2. The van der Waals surface area contributed by atoms with E-state index < -0.39 is 0 Å². The van der Waals surface area contributed by atoms with Crippen LogP contribution in [0.5, 0.6) is 0 Å². The second-order valence-electron chi connectivity index (χ2n) is 9.10. The molecule has 2 saturated heterocycles. The third-order valence-corrected chi connectivity index (χ3v) is 7.14. The van der Waals surface area contributed by atoms with E-state index in [1.54, 1.807) is 0 Å². The number of piperidine rings is 1.